The Balaban J connectivity index is 3.28. The third-order valence-corrected chi connectivity index (χ3v) is 1.96. The van der Waals surface area contributed by atoms with E-state index in [1.54, 1.807) is 0 Å². The van der Waals surface area contributed by atoms with E-state index < -0.39 is 11.7 Å². The molecular formula is C8H5ClF3NS. The Bertz CT molecular complexity index is 375. The van der Waals surface area contributed by atoms with E-state index in [1.165, 1.54) is 6.07 Å². The van der Waals surface area contributed by atoms with Crippen LogP contribution in [0.4, 0.5) is 13.2 Å². The van der Waals surface area contributed by atoms with Crippen molar-refractivity contribution in [3.63, 3.8) is 0 Å². The number of nitrogens with two attached hydrogens (primary N) is 1. The number of hydrogen-bond acceptors (Lipinski definition) is 1. The molecule has 0 aliphatic heterocycles. The normalized spacial score (nSPS) is 11.4. The van der Waals surface area contributed by atoms with Gasteiger partial charge in [-0.3, -0.25) is 0 Å². The van der Waals surface area contributed by atoms with Crippen LogP contribution in [0.2, 0.25) is 5.02 Å². The van der Waals surface area contributed by atoms with Crippen molar-refractivity contribution in [3.8, 4) is 0 Å². The highest BCUT2D eigenvalue weighted by molar-refractivity contribution is 7.80. The van der Waals surface area contributed by atoms with Crippen molar-refractivity contribution in [1.29, 1.82) is 0 Å². The van der Waals surface area contributed by atoms with Crippen LogP contribution in [0, 0.1) is 0 Å². The lowest BCUT2D eigenvalue weighted by molar-refractivity contribution is -0.137. The lowest BCUT2D eigenvalue weighted by Crippen LogP contribution is -2.12. The second-order valence-corrected chi connectivity index (χ2v) is 3.47. The smallest absolute Gasteiger partial charge is 0.389 e. The standard InChI is InChI=1S/C8H5ClF3NS/c9-6-2-4(7(13)14)1-5(3-6)8(10,11)12/h1-3H,(H2,13,14). The number of thiocarbonyl (C=S) groups is 1. The number of alkyl halides is 3. The minimum absolute atomic E-state index is 0.0392. The Kier molecular flexibility index (Phi) is 3.01. The molecule has 1 aromatic rings. The first-order valence-corrected chi connectivity index (χ1v) is 4.27. The summed E-state index contributed by atoms with van der Waals surface area (Å²) in [5, 5.41) is -0.0392. The van der Waals surface area contributed by atoms with Crippen molar-refractivity contribution in [2.45, 2.75) is 6.18 Å². The summed E-state index contributed by atoms with van der Waals surface area (Å²) < 4.78 is 36.8. The van der Waals surface area contributed by atoms with Gasteiger partial charge in [-0.1, -0.05) is 23.8 Å². The molecule has 0 atom stereocenters. The third-order valence-electron chi connectivity index (χ3n) is 1.51. The van der Waals surface area contributed by atoms with Crippen LogP contribution in [0.15, 0.2) is 18.2 Å². The minimum atomic E-state index is -4.44. The Labute approximate surface area is 88.7 Å². The van der Waals surface area contributed by atoms with E-state index in [1.807, 2.05) is 0 Å². The van der Waals surface area contributed by atoms with Crippen LogP contribution < -0.4 is 5.73 Å². The van der Waals surface area contributed by atoms with Crippen LogP contribution in [0.5, 0.6) is 0 Å². The fraction of sp³-hybridized carbons (Fsp3) is 0.125. The van der Waals surface area contributed by atoms with Crippen molar-refractivity contribution in [1.82, 2.24) is 0 Å². The molecule has 0 bridgehead atoms. The first-order valence-electron chi connectivity index (χ1n) is 3.48. The zero-order valence-corrected chi connectivity index (χ0v) is 8.30. The largest absolute Gasteiger partial charge is 0.416 e. The predicted octanol–water partition coefficient (Wildman–Crippen LogP) is 2.99. The van der Waals surface area contributed by atoms with Crippen LogP contribution in [-0.2, 0) is 6.18 Å². The first kappa shape index (κ1) is 11.3. The van der Waals surface area contributed by atoms with Gasteiger partial charge in [0.1, 0.15) is 4.99 Å². The molecular weight excluding hydrogens is 235 g/mol. The molecule has 0 aliphatic carbocycles. The van der Waals surface area contributed by atoms with E-state index in [0.717, 1.165) is 12.1 Å². The average molecular weight is 240 g/mol. The topological polar surface area (TPSA) is 26.0 Å². The van der Waals surface area contributed by atoms with Crippen molar-refractivity contribution in [3.05, 3.63) is 34.3 Å². The molecule has 0 saturated heterocycles. The van der Waals surface area contributed by atoms with Gasteiger partial charge in [0, 0.05) is 10.6 Å². The molecule has 1 aromatic carbocycles. The molecule has 0 unspecified atom stereocenters. The molecule has 1 rings (SSSR count). The maximum atomic E-state index is 12.3. The van der Waals surface area contributed by atoms with Crippen molar-refractivity contribution >= 4 is 28.8 Å². The second-order valence-electron chi connectivity index (χ2n) is 2.59. The van der Waals surface area contributed by atoms with Gasteiger partial charge in [0.05, 0.1) is 5.56 Å². The SMILES string of the molecule is NC(=S)c1cc(Cl)cc(C(F)(F)F)c1. The molecule has 14 heavy (non-hydrogen) atoms. The van der Waals surface area contributed by atoms with Gasteiger partial charge in [0.25, 0.3) is 0 Å². The van der Waals surface area contributed by atoms with Gasteiger partial charge in [-0.15, -0.1) is 0 Å². The van der Waals surface area contributed by atoms with Gasteiger partial charge >= 0.3 is 6.18 Å². The Morgan fingerprint density at radius 2 is 1.86 bits per heavy atom. The van der Waals surface area contributed by atoms with Crippen molar-refractivity contribution in [2.24, 2.45) is 5.73 Å². The van der Waals surface area contributed by atoms with E-state index in [4.69, 9.17) is 17.3 Å². The summed E-state index contributed by atoms with van der Waals surface area (Å²) in [6.45, 7) is 0. The maximum absolute atomic E-state index is 12.3. The summed E-state index contributed by atoms with van der Waals surface area (Å²) in [6, 6.07) is 2.98. The Morgan fingerprint density at radius 3 is 2.29 bits per heavy atom. The summed E-state index contributed by atoms with van der Waals surface area (Å²) in [4.78, 5) is -0.113. The van der Waals surface area contributed by atoms with Crippen molar-refractivity contribution < 1.29 is 13.2 Å². The lowest BCUT2D eigenvalue weighted by atomic mass is 10.1. The van der Waals surface area contributed by atoms with Gasteiger partial charge in [0.2, 0.25) is 0 Å². The van der Waals surface area contributed by atoms with E-state index in [9.17, 15) is 13.2 Å². The molecule has 0 aromatic heterocycles. The zero-order valence-electron chi connectivity index (χ0n) is 6.73. The number of hydrogen-bond donors (Lipinski definition) is 1. The molecule has 1 nitrogen and oxygen atoms in total. The number of halogens is 4. The molecule has 76 valence electrons. The highest BCUT2D eigenvalue weighted by Crippen LogP contribution is 2.31. The van der Waals surface area contributed by atoms with Crippen LogP contribution >= 0.6 is 23.8 Å². The summed E-state index contributed by atoms with van der Waals surface area (Å²) in [7, 11) is 0. The van der Waals surface area contributed by atoms with Crippen LogP contribution in [0.1, 0.15) is 11.1 Å². The third kappa shape index (κ3) is 2.59. The zero-order chi connectivity index (χ0) is 10.9. The van der Waals surface area contributed by atoms with Gasteiger partial charge in [0.15, 0.2) is 0 Å². The summed E-state index contributed by atoms with van der Waals surface area (Å²) in [5.74, 6) is 0. The summed E-state index contributed by atoms with van der Waals surface area (Å²) in [5.41, 5.74) is 4.46. The van der Waals surface area contributed by atoms with E-state index in [2.05, 4.69) is 12.2 Å². The molecule has 0 spiro atoms. The Morgan fingerprint density at radius 1 is 1.29 bits per heavy atom. The summed E-state index contributed by atoms with van der Waals surface area (Å²) in [6.07, 6.45) is -4.44. The van der Waals surface area contributed by atoms with Crippen LogP contribution in [0.25, 0.3) is 0 Å². The molecule has 0 saturated carbocycles. The van der Waals surface area contributed by atoms with Gasteiger partial charge < -0.3 is 5.73 Å². The fourth-order valence-electron chi connectivity index (χ4n) is 0.896. The maximum Gasteiger partial charge on any atom is 0.416 e. The van der Waals surface area contributed by atoms with Crippen LogP contribution in [-0.4, -0.2) is 4.99 Å². The predicted molar refractivity (Wildman–Crippen MR) is 52.3 cm³/mol. The molecule has 2 N–H and O–H groups in total. The number of benzene rings is 1. The molecule has 6 heteroatoms. The second kappa shape index (κ2) is 3.74. The monoisotopic (exact) mass is 239 g/mol. The van der Waals surface area contributed by atoms with Crippen LogP contribution in [0.3, 0.4) is 0 Å². The molecule has 0 radical (unpaired) electrons. The van der Waals surface area contributed by atoms with Gasteiger partial charge in [-0.05, 0) is 18.2 Å². The highest BCUT2D eigenvalue weighted by atomic mass is 35.5. The van der Waals surface area contributed by atoms with E-state index >= 15 is 0 Å². The minimum Gasteiger partial charge on any atom is -0.389 e. The molecule has 0 amide bonds. The average Bonchev–Trinajstić information content (AvgIpc) is 2.01. The molecule has 0 aliphatic rings. The Hall–Kier alpha value is -0.810. The molecule has 0 fully saturated rings. The van der Waals surface area contributed by atoms with Gasteiger partial charge in [-0.2, -0.15) is 13.2 Å². The van der Waals surface area contributed by atoms with Gasteiger partial charge in [-0.25, -0.2) is 0 Å². The lowest BCUT2D eigenvalue weighted by Gasteiger charge is -2.08. The van der Waals surface area contributed by atoms with E-state index in [0.29, 0.717) is 0 Å². The first-order chi connectivity index (χ1) is 6.30. The number of rotatable bonds is 1. The fourth-order valence-corrected chi connectivity index (χ4v) is 1.25. The summed E-state index contributed by atoms with van der Waals surface area (Å²) >= 11 is 10.0. The van der Waals surface area contributed by atoms with Crippen molar-refractivity contribution in [2.75, 3.05) is 0 Å². The molecule has 0 heterocycles. The quantitative estimate of drug-likeness (QED) is 0.763. The highest BCUT2D eigenvalue weighted by Gasteiger charge is 2.31. The van der Waals surface area contributed by atoms with E-state index in [-0.39, 0.29) is 15.6 Å².